The van der Waals surface area contributed by atoms with Crippen LogP contribution in [0.2, 0.25) is 0 Å². The molecule has 1 atom stereocenters. The highest BCUT2D eigenvalue weighted by atomic mass is 32.2. The van der Waals surface area contributed by atoms with E-state index in [2.05, 4.69) is 10.0 Å². The van der Waals surface area contributed by atoms with Crippen molar-refractivity contribution in [2.75, 3.05) is 18.4 Å². The van der Waals surface area contributed by atoms with E-state index in [9.17, 15) is 18.0 Å². The van der Waals surface area contributed by atoms with Crippen LogP contribution in [0.4, 0.5) is 5.69 Å². The van der Waals surface area contributed by atoms with E-state index in [4.69, 9.17) is 4.42 Å². The molecular formula is C18H19N3O5S2. The SMILES string of the molecule is O=C1Nc2cc(S(=O)(=O)NCc3ccco3)ccc2S[C@H]1C(=O)N1CCCC1. The molecule has 10 heteroatoms. The van der Waals surface area contributed by atoms with Crippen molar-refractivity contribution < 1.29 is 22.4 Å². The van der Waals surface area contributed by atoms with Crippen molar-refractivity contribution in [2.45, 2.75) is 34.4 Å². The molecular weight excluding hydrogens is 402 g/mol. The lowest BCUT2D eigenvalue weighted by Crippen LogP contribution is -2.43. The van der Waals surface area contributed by atoms with E-state index in [1.165, 1.54) is 18.4 Å². The molecule has 0 spiro atoms. The third kappa shape index (κ3) is 3.80. The van der Waals surface area contributed by atoms with Gasteiger partial charge in [0.05, 0.1) is 23.4 Å². The Morgan fingerprint density at radius 3 is 2.79 bits per heavy atom. The lowest BCUT2D eigenvalue weighted by molar-refractivity contribution is -0.133. The van der Waals surface area contributed by atoms with Gasteiger partial charge in [-0.05, 0) is 43.2 Å². The number of carbonyl (C=O) groups is 2. The lowest BCUT2D eigenvalue weighted by Gasteiger charge is -2.27. The molecule has 0 bridgehead atoms. The predicted octanol–water partition coefficient (Wildman–Crippen LogP) is 1.79. The van der Waals surface area contributed by atoms with Crippen molar-refractivity contribution in [1.29, 1.82) is 0 Å². The summed E-state index contributed by atoms with van der Waals surface area (Å²) in [6.07, 6.45) is 3.37. The van der Waals surface area contributed by atoms with Crippen LogP contribution in [0.3, 0.4) is 0 Å². The highest BCUT2D eigenvalue weighted by Crippen LogP contribution is 2.38. The Kier molecular flexibility index (Phi) is 5.17. The van der Waals surface area contributed by atoms with Gasteiger partial charge in [0.1, 0.15) is 5.76 Å². The first-order chi connectivity index (χ1) is 13.4. The van der Waals surface area contributed by atoms with E-state index < -0.39 is 21.2 Å². The van der Waals surface area contributed by atoms with Gasteiger partial charge in [-0.2, -0.15) is 0 Å². The second-order valence-corrected chi connectivity index (χ2v) is 9.50. The molecule has 8 nitrogen and oxygen atoms in total. The molecule has 2 aliphatic heterocycles. The van der Waals surface area contributed by atoms with Crippen molar-refractivity contribution in [2.24, 2.45) is 0 Å². The Morgan fingerprint density at radius 2 is 2.07 bits per heavy atom. The summed E-state index contributed by atoms with van der Waals surface area (Å²) in [5.41, 5.74) is 0.390. The normalized spacial score (nSPS) is 19.4. The van der Waals surface area contributed by atoms with E-state index in [1.807, 2.05) is 0 Å². The molecule has 1 saturated heterocycles. The first-order valence-electron chi connectivity index (χ1n) is 8.86. The number of amides is 2. The number of furan rings is 1. The summed E-state index contributed by atoms with van der Waals surface area (Å²) in [6, 6.07) is 7.83. The molecule has 1 fully saturated rings. The van der Waals surface area contributed by atoms with E-state index in [0.717, 1.165) is 24.6 Å². The Balaban J connectivity index is 1.50. The number of sulfonamides is 1. The molecule has 2 aromatic rings. The third-order valence-electron chi connectivity index (χ3n) is 4.66. The predicted molar refractivity (Wildman–Crippen MR) is 103 cm³/mol. The topological polar surface area (TPSA) is 109 Å². The highest BCUT2D eigenvalue weighted by Gasteiger charge is 2.37. The largest absolute Gasteiger partial charge is 0.468 e. The van der Waals surface area contributed by atoms with Gasteiger partial charge < -0.3 is 14.6 Å². The van der Waals surface area contributed by atoms with Gasteiger partial charge in [0.15, 0.2) is 5.25 Å². The molecule has 2 N–H and O–H groups in total. The standard InChI is InChI=1S/C18H19N3O5S2/c22-17-16(18(23)21-7-1-2-8-21)27-15-6-5-13(10-14(15)20-17)28(24,25)19-11-12-4-3-9-26-12/h3-6,9-10,16,19H,1-2,7-8,11H2,(H,20,22)/t16-/m1/s1. The summed E-state index contributed by atoms with van der Waals surface area (Å²) in [7, 11) is -3.78. The first-order valence-corrected chi connectivity index (χ1v) is 11.2. The minimum Gasteiger partial charge on any atom is -0.468 e. The Bertz CT molecular complexity index is 998. The number of nitrogens with zero attached hydrogens (tertiary/aromatic N) is 1. The monoisotopic (exact) mass is 421 g/mol. The van der Waals surface area contributed by atoms with Crippen molar-refractivity contribution in [3.63, 3.8) is 0 Å². The van der Waals surface area contributed by atoms with Crippen molar-refractivity contribution in [3.05, 3.63) is 42.4 Å². The van der Waals surface area contributed by atoms with Crippen LogP contribution >= 0.6 is 11.8 Å². The van der Waals surface area contributed by atoms with Crippen LogP contribution in [0, 0.1) is 0 Å². The second-order valence-electron chi connectivity index (χ2n) is 6.58. The van der Waals surface area contributed by atoms with Crippen LogP contribution in [-0.4, -0.2) is 43.5 Å². The van der Waals surface area contributed by atoms with Crippen molar-refractivity contribution >= 4 is 39.3 Å². The maximum atomic E-state index is 12.6. The average molecular weight is 422 g/mol. The van der Waals surface area contributed by atoms with E-state index in [-0.39, 0.29) is 17.3 Å². The number of fused-ring (bicyclic) bond motifs is 1. The number of hydrogen-bond acceptors (Lipinski definition) is 6. The summed E-state index contributed by atoms with van der Waals surface area (Å²) >= 11 is 1.16. The molecule has 28 heavy (non-hydrogen) atoms. The van der Waals surface area contributed by atoms with Crippen LogP contribution in [0.25, 0.3) is 0 Å². The number of rotatable bonds is 5. The first kappa shape index (κ1) is 19.0. The quantitative estimate of drug-likeness (QED) is 0.713. The van der Waals surface area contributed by atoms with E-state index in [0.29, 0.717) is 29.4 Å². The summed E-state index contributed by atoms with van der Waals surface area (Å²) in [5, 5.41) is 1.84. The third-order valence-corrected chi connectivity index (χ3v) is 7.32. The van der Waals surface area contributed by atoms with Crippen molar-refractivity contribution in [3.8, 4) is 0 Å². The van der Waals surface area contributed by atoms with Crippen LogP contribution < -0.4 is 10.0 Å². The minimum atomic E-state index is -3.78. The summed E-state index contributed by atoms with van der Waals surface area (Å²) < 4.78 is 32.6. The number of hydrogen-bond donors (Lipinski definition) is 2. The molecule has 3 heterocycles. The average Bonchev–Trinajstić information content (AvgIpc) is 3.38. The fourth-order valence-electron chi connectivity index (χ4n) is 3.18. The van der Waals surface area contributed by atoms with E-state index >= 15 is 0 Å². The highest BCUT2D eigenvalue weighted by molar-refractivity contribution is 8.01. The van der Waals surface area contributed by atoms with Crippen LogP contribution in [-0.2, 0) is 26.2 Å². The van der Waals surface area contributed by atoms with Gasteiger partial charge in [-0.3, -0.25) is 9.59 Å². The zero-order valence-corrected chi connectivity index (χ0v) is 16.5. The number of thioether (sulfide) groups is 1. The molecule has 1 aromatic carbocycles. The number of nitrogens with one attached hydrogen (secondary N) is 2. The summed E-state index contributed by atoms with van der Waals surface area (Å²) in [5.74, 6) is -0.122. The molecule has 2 aliphatic rings. The summed E-state index contributed by atoms with van der Waals surface area (Å²) in [6.45, 7) is 1.38. The van der Waals surface area contributed by atoms with Gasteiger partial charge >= 0.3 is 0 Å². The Morgan fingerprint density at radius 1 is 1.29 bits per heavy atom. The zero-order chi connectivity index (χ0) is 19.7. The maximum Gasteiger partial charge on any atom is 0.247 e. The minimum absolute atomic E-state index is 0.0277. The number of anilines is 1. The fourth-order valence-corrected chi connectivity index (χ4v) is 5.26. The van der Waals surface area contributed by atoms with Gasteiger partial charge in [-0.1, -0.05) is 0 Å². The molecule has 1 aromatic heterocycles. The molecule has 0 aliphatic carbocycles. The molecule has 0 radical (unpaired) electrons. The smallest absolute Gasteiger partial charge is 0.247 e. The van der Waals surface area contributed by atoms with Gasteiger partial charge in [-0.25, -0.2) is 13.1 Å². The van der Waals surface area contributed by atoms with Crippen LogP contribution in [0.1, 0.15) is 18.6 Å². The number of carbonyl (C=O) groups excluding carboxylic acids is 2. The Labute approximate surface area is 166 Å². The van der Waals surface area contributed by atoms with Crippen molar-refractivity contribution in [1.82, 2.24) is 9.62 Å². The lowest BCUT2D eigenvalue weighted by atomic mass is 10.2. The molecule has 0 unspecified atom stereocenters. The Hall–Kier alpha value is -2.30. The zero-order valence-electron chi connectivity index (χ0n) is 14.9. The van der Waals surface area contributed by atoms with E-state index in [1.54, 1.807) is 23.1 Å². The fraction of sp³-hybridized carbons (Fsp3) is 0.333. The van der Waals surface area contributed by atoms with Gasteiger partial charge in [0, 0.05) is 18.0 Å². The molecule has 4 rings (SSSR count). The van der Waals surface area contributed by atoms with Gasteiger partial charge in [-0.15, -0.1) is 11.8 Å². The molecule has 0 saturated carbocycles. The molecule has 148 valence electrons. The van der Waals surface area contributed by atoms with Crippen LogP contribution in [0.5, 0.6) is 0 Å². The molecule has 2 amide bonds. The number of benzene rings is 1. The second kappa shape index (κ2) is 7.61. The van der Waals surface area contributed by atoms with Gasteiger partial charge in [0.25, 0.3) is 0 Å². The van der Waals surface area contributed by atoms with Crippen LogP contribution in [0.15, 0.2) is 50.8 Å². The number of likely N-dealkylation sites (tertiary alicyclic amines) is 1. The maximum absolute atomic E-state index is 12.6. The van der Waals surface area contributed by atoms with Gasteiger partial charge in [0.2, 0.25) is 21.8 Å². The summed E-state index contributed by atoms with van der Waals surface area (Å²) in [4.78, 5) is 27.4.